The zero-order valence-corrected chi connectivity index (χ0v) is 10.4. The predicted octanol–water partition coefficient (Wildman–Crippen LogP) is 2.48. The number of nitrogens with zero attached hydrogens (tertiary/aromatic N) is 2. The van der Waals surface area contributed by atoms with Crippen LogP contribution in [0.4, 0.5) is 0 Å². The van der Waals surface area contributed by atoms with Gasteiger partial charge in [0, 0.05) is 35.8 Å². The second-order valence-corrected chi connectivity index (χ2v) is 5.61. The van der Waals surface area contributed by atoms with Gasteiger partial charge in [-0.15, -0.1) is 11.3 Å². The summed E-state index contributed by atoms with van der Waals surface area (Å²) in [6, 6.07) is 4.43. The van der Waals surface area contributed by atoms with Gasteiger partial charge in [-0.25, -0.2) is 4.98 Å². The third-order valence-electron chi connectivity index (χ3n) is 3.26. The first-order valence-corrected chi connectivity index (χ1v) is 6.79. The lowest BCUT2D eigenvalue weighted by atomic mass is 9.79. The number of hydrogen-bond acceptors (Lipinski definition) is 4. The van der Waals surface area contributed by atoms with Crippen molar-refractivity contribution in [3.8, 4) is 11.3 Å². The summed E-state index contributed by atoms with van der Waals surface area (Å²) in [6.07, 6.45) is 7.01. The summed E-state index contributed by atoms with van der Waals surface area (Å²) in [5.74, 6) is 0.751. The molecule has 1 aliphatic rings. The number of nitrogens with two attached hydrogens (primary N) is 1. The van der Waals surface area contributed by atoms with Crippen molar-refractivity contribution in [3.05, 3.63) is 34.9 Å². The van der Waals surface area contributed by atoms with E-state index in [0.29, 0.717) is 6.04 Å². The van der Waals surface area contributed by atoms with Crippen LogP contribution in [0.2, 0.25) is 0 Å². The summed E-state index contributed by atoms with van der Waals surface area (Å²) in [5.41, 5.74) is 8.01. The summed E-state index contributed by atoms with van der Waals surface area (Å²) >= 11 is 1.75. The van der Waals surface area contributed by atoms with Crippen LogP contribution < -0.4 is 5.73 Å². The molecule has 0 atom stereocenters. The molecule has 1 saturated carbocycles. The van der Waals surface area contributed by atoms with Crippen LogP contribution in [0.1, 0.15) is 17.8 Å². The summed E-state index contributed by atoms with van der Waals surface area (Å²) in [7, 11) is 0. The quantitative estimate of drug-likeness (QED) is 0.903. The van der Waals surface area contributed by atoms with Crippen LogP contribution in [0.15, 0.2) is 29.9 Å². The minimum atomic E-state index is 0.430. The topological polar surface area (TPSA) is 51.8 Å². The molecule has 2 N–H and O–H groups in total. The molecule has 2 aromatic rings. The number of aromatic nitrogens is 2. The van der Waals surface area contributed by atoms with Gasteiger partial charge in [-0.1, -0.05) is 0 Å². The maximum atomic E-state index is 5.79. The minimum absolute atomic E-state index is 0.430. The van der Waals surface area contributed by atoms with E-state index in [1.54, 1.807) is 23.7 Å². The van der Waals surface area contributed by atoms with Crippen molar-refractivity contribution in [2.24, 2.45) is 11.7 Å². The molecule has 3 rings (SSSR count). The van der Waals surface area contributed by atoms with Gasteiger partial charge < -0.3 is 5.73 Å². The smallest absolute Gasteiger partial charge is 0.0935 e. The Morgan fingerprint density at radius 3 is 2.76 bits per heavy atom. The van der Waals surface area contributed by atoms with Crippen molar-refractivity contribution < 1.29 is 0 Å². The highest BCUT2D eigenvalue weighted by Gasteiger charge is 2.26. The van der Waals surface area contributed by atoms with E-state index in [-0.39, 0.29) is 0 Å². The molecule has 0 amide bonds. The van der Waals surface area contributed by atoms with E-state index in [2.05, 4.69) is 15.3 Å². The normalized spacial score (nSPS) is 23.4. The Hall–Kier alpha value is -1.26. The van der Waals surface area contributed by atoms with Gasteiger partial charge in [-0.3, -0.25) is 4.98 Å². The number of pyridine rings is 1. The molecular formula is C13H15N3S. The number of hydrogen-bond donors (Lipinski definition) is 1. The summed E-state index contributed by atoms with van der Waals surface area (Å²) in [5, 5.41) is 3.36. The van der Waals surface area contributed by atoms with Gasteiger partial charge >= 0.3 is 0 Å². The Morgan fingerprint density at radius 2 is 2.06 bits per heavy atom. The van der Waals surface area contributed by atoms with Crippen molar-refractivity contribution in [3.63, 3.8) is 0 Å². The van der Waals surface area contributed by atoms with Crippen LogP contribution in [-0.4, -0.2) is 16.0 Å². The van der Waals surface area contributed by atoms with Crippen molar-refractivity contribution in [1.82, 2.24) is 9.97 Å². The largest absolute Gasteiger partial charge is 0.328 e. The maximum absolute atomic E-state index is 5.79. The van der Waals surface area contributed by atoms with E-state index in [0.717, 1.165) is 36.4 Å². The van der Waals surface area contributed by atoms with Crippen LogP contribution in [0.5, 0.6) is 0 Å². The Morgan fingerprint density at radius 1 is 1.29 bits per heavy atom. The highest BCUT2D eigenvalue weighted by atomic mass is 32.1. The molecule has 0 unspecified atom stereocenters. The zero-order chi connectivity index (χ0) is 11.7. The Labute approximate surface area is 105 Å². The molecule has 2 heterocycles. The maximum Gasteiger partial charge on any atom is 0.0935 e. The van der Waals surface area contributed by atoms with Crippen molar-refractivity contribution in [2.45, 2.75) is 25.3 Å². The van der Waals surface area contributed by atoms with Crippen molar-refractivity contribution in [1.29, 1.82) is 0 Å². The van der Waals surface area contributed by atoms with E-state index < -0.39 is 0 Å². The lowest BCUT2D eigenvalue weighted by Gasteiger charge is -2.31. The molecular weight excluding hydrogens is 230 g/mol. The summed E-state index contributed by atoms with van der Waals surface area (Å²) < 4.78 is 0. The van der Waals surface area contributed by atoms with E-state index in [9.17, 15) is 0 Å². The standard InChI is InChI=1S/C13H15N3S/c14-11-5-9(6-11)7-13-16-12(8-17-13)10-1-3-15-4-2-10/h1-4,8-9,11H,5-7,14H2. The van der Waals surface area contributed by atoms with Gasteiger partial charge in [-0.2, -0.15) is 0 Å². The Kier molecular flexibility index (Phi) is 2.91. The van der Waals surface area contributed by atoms with Gasteiger partial charge in [0.15, 0.2) is 0 Å². The third kappa shape index (κ3) is 2.37. The van der Waals surface area contributed by atoms with Crippen molar-refractivity contribution >= 4 is 11.3 Å². The molecule has 0 aliphatic heterocycles. The second kappa shape index (κ2) is 4.55. The lowest BCUT2D eigenvalue weighted by Crippen LogP contribution is -2.37. The van der Waals surface area contributed by atoms with Gasteiger partial charge in [0.2, 0.25) is 0 Å². The van der Waals surface area contributed by atoms with Gasteiger partial charge in [0.25, 0.3) is 0 Å². The Balaban J connectivity index is 1.70. The lowest BCUT2D eigenvalue weighted by molar-refractivity contribution is 0.264. The molecule has 4 heteroatoms. The molecule has 0 aromatic carbocycles. The van der Waals surface area contributed by atoms with E-state index in [1.165, 1.54) is 5.01 Å². The van der Waals surface area contributed by atoms with E-state index in [4.69, 9.17) is 5.73 Å². The van der Waals surface area contributed by atoms with Gasteiger partial charge in [-0.05, 0) is 30.9 Å². The second-order valence-electron chi connectivity index (χ2n) is 4.66. The van der Waals surface area contributed by atoms with Crippen LogP contribution in [0.25, 0.3) is 11.3 Å². The molecule has 17 heavy (non-hydrogen) atoms. The van der Waals surface area contributed by atoms with Crippen molar-refractivity contribution in [2.75, 3.05) is 0 Å². The van der Waals surface area contributed by atoms with Crippen LogP contribution in [0.3, 0.4) is 0 Å². The molecule has 0 spiro atoms. The Bertz CT molecular complexity index is 488. The predicted molar refractivity (Wildman–Crippen MR) is 69.7 cm³/mol. The first-order chi connectivity index (χ1) is 8.31. The molecule has 1 fully saturated rings. The molecule has 2 aromatic heterocycles. The highest BCUT2D eigenvalue weighted by Crippen LogP contribution is 2.31. The molecule has 1 aliphatic carbocycles. The van der Waals surface area contributed by atoms with Crippen LogP contribution in [-0.2, 0) is 6.42 Å². The minimum Gasteiger partial charge on any atom is -0.328 e. The van der Waals surface area contributed by atoms with E-state index in [1.807, 2.05) is 12.1 Å². The molecule has 0 radical (unpaired) electrons. The molecule has 3 nitrogen and oxygen atoms in total. The highest BCUT2D eigenvalue weighted by molar-refractivity contribution is 7.09. The van der Waals surface area contributed by atoms with Gasteiger partial charge in [0.05, 0.1) is 10.7 Å². The van der Waals surface area contributed by atoms with Gasteiger partial charge in [0.1, 0.15) is 0 Å². The van der Waals surface area contributed by atoms with Crippen LogP contribution >= 0.6 is 11.3 Å². The fourth-order valence-corrected chi connectivity index (χ4v) is 3.18. The summed E-state index contributed by atoms with van der Waals surface area (Å²) in [4.78, 5) is 8.70. The fraction of sp³-hybridized carbons (Fsp3) is 0.385. The SMILES string of the molecule is NC1CC(Cc2nc(-c3ccncc3)cs2)C1. The first-order valence-electron chi connectivity index (χ1n) is 5.91. The number of thiazole rings is 1. The van der Waals surface area contributed by atoms with Crippen LogP contribution in [0, 0.1) is 5.92 Å². The summed E-state index contributed by atoms with van der Waals surface area (Å²) in [6.45, 7) is 0. The monoisotopic (exact) mass is 245 g/mol. The number of rotatable bonds is 3. The molecule has 0 bridgehead atoms. The molecule has 88 valence electrons. The average Bonchev–Trinajstić information content (AvgIpc) is 2.77. The van der Waals surface area contributed by atoms with E-state index >= 15 is 0 Å². The third-order valence-corrected chi connectivity index (χ3v) is 4.13. The first kappa shape index (κ1) is 10.9. The fourth-order valence-electron chi connectivity index (χ4n) is 2.26. The zero-order valence-electron chi connectivity index (χ0n) is 9.54. The molecule has 0 saturated heterocycles. The average molecular weight is 245 g/mol.